The van der Waals surface area contributed by atoms with E-state index in [-0.39, 0.29) is 24.3 Å². The van der Waals surface area contributed by atoms with Gasteiger partial charge in [0, 0.05) is 23.0 Å². The van der Waals surface area contributed by atoms with Crippen molar-refractivity contribution in [1.82, 2.24) is 10.2 Å². The van der Waals surface area contributed by atoms with Crippen LogP contribution in [0.4, 0.5) is 0 Å². The summed E-state index contributed by atoms with van der Waals surface area (Å²) in [6.45, 7) is 0. The van der Waals surface area contributed by atoms with Crippen LogP contribution in [0.1, 0.15) is 49.3 Å². The summed E-state index contributed by atoms with van der Waals surface area (Å²) in [4.78, 5) is 41.9. The van der Waals surface area contributed by atoms with Gasteiger partial charge in [0.25, 0.3) is 0 Å². The number of rotatable bonds is 5. The lowest BCUT2D eigenvalue weighted by Gasteiger charge is -2.34. The fourth-order valence-electron chi connectivity index (χ4n) is 6.03. The third kappa shape index (κ3) is 3.71. The number of hydrogen-bond acceptors (Lipinski definition) is 4. The predicted molar refractivity (Wildman–Crippen MR) is 126 cm³/mol. The molecule has 3 fully saturated rings. The fraction of sp³-hybridized carbons (Fsp3) is 0.423. The van der Waals surface area contributed by atoms with Gasteiger partial charge >= 0.3 is 5.97 Å². The number of imide groups is 1. The third-order valence-electron chi connectivity index (χ3n) is 7.56. The van der Waals surface area contributed by atoms with Gasteiger partial charge in [0.2, 0.25) is 11.8 Å². The van der Waals surface area contributed by atoms with Crippen LogP contribution in [-0.2, 0) is 20.8 Å². The van der Waals surface area contributed by atoms with Gasteiger partial charge in [-0.2, -0.15) is 0 Å². The number of carboxylic acids is 1. The molecule has 2 aromatic rings. The maximum Gasteiger partial charge on any atom is 0.325 e. The number of aliphatic carboxylic acids is 1. The van der Waals surface area contributed by atoms with Crippen molar-refractivity contribution >= 4 is 33.7 Å². The summed E-state index contributed by atoms with van der Waals surface area (Å²) in [5.41, 5.74) is 0.0786. The Kier molecular flexibility index (Phi) is 5.87. The molecule has 2 amide bonds. The maximum absolute atomic E-state index is 13.8. The lowest BCUT2D eigenvalue weighted by Crippen LogP contribution is -2.58. The summed E-state index contributed by atoms with van der Waals surface area (Å²) in [6.07, 6.45) is 4.81. The van der Waals surface area contributed by atoms with Gasteiger partial charge in [0.1, 0.15) is 5.54 Å². The van der Waals surface area contributed by atoms with Crippen LogP contribution in [-0.4, -0.2) is 39.4 Å². The average molecular weight is 511 g/mol. The number of hydrogen-bond donors (Lipinski definition) is 2. The molecule has 2 heterocycles. The van der Waals surface area contributed by atoms with E-state index in [1.165, 1.54) is 4.90 Å². The molecule has 2 aromatic carbocycles. The third-order valence-corrected chi connectivity index (χ3v) is 8.09. The summed E-state index contributed by atoms with van der Waals surface area (Å²) < 4.78 is 0.896. The fourth-order valence-corrected chi connectivity index (χ4v) is 6.30. The van der Waals surface area contributed by atoms with Crippen molar-refractivity contribution in [3.8, 4) is 0 Å². The van der Waals surface area contributed by atoms with E-state index in [2.05, 4.69) is 21.2 Å². The Morgan fingerprint density at radius 1 is 1.00 bits per heavy atom. The smallest absolute Gasteiger partial charge is 0.325 e. The van der Waals surface area contributed by atoms with Gasteiger partial charge in [0.05, 0.1) is 11.8 Å². The summed E-state index contributed by atoms with van der Waals surface area (Å²) in [7, 11) is 0. The molecule has 0 spiro atoms. The van der Waals surface area contributed by atoms with Crippen molar-refractivity contribution in [2.75, 3.05) is 0 Å². The first-order chi connectivity index (χ1) is 15.9. The number of amides is 2. The highest BCUT2D eigenvalue weighted by atomic mass is 79.9. The number of carbonyl (C=O) groups is 3. The molecule has 1 saturated carbocycles. The number of fused-ring (bicyclic) bond motifs is 1. The Labute approximate surface area is 201 Å². The first kappa shape index (κ1) is 22.3. The van der Waals surface area contributed by atoms with E-state index < -0.39 is 29.4 Å². The van der Waals surface area contributed by atoms with E-state index >= 15 is 0 Å². The first-order valence-electron chi connectivity index (χ1n) is 11.6. The van der Waals surface area contributed by atoms with Gasteiger partial charge in [-0.3, -0.25) is 24.6 Å². The van der Waals surface area contributed by atoms with Crippen molar-refractivity contribution in [2.45, 2.75) is 56.1 Å². The summed E-state index contributed by atoms with van der Waals surface area (Å²) in [6, 6.07) is 16.2. The molecule has 7 heteroatoms. The zero-order valence-electron chi connectivity index (χ0n) is 18.2. The van der Waals surface area contributed by atoms with E-state index in [1.54, 1.807) is 0 Å². The van der Waals surface area contributed by atoms with Crippen LogP contribution in [0.5, 0.6) is 0 Å². The normalized spacial score (nSPS) is 30.0. The Bertz CT molecular complexity index is 1070. The number of benzene rings is 2. The number of carboxylic acid groups (broad SMARTS) is 1. The zero-order chi connectivity index (χ0) is 23.2. The quantitative estimate of drug-likeness (QED) is 0.591. The molecule has 172 valence electrons. The van der Waals surface area contributed by atoms with E-state index in [0.717, 1.165) is 47.7 Å². The molecule has 4 unspecified atom stereocenters. The van der Waals surface area contributed by atoms with Gasteiger partial charge in [-0.05, 0) is 36.1 Å². The molecule has 0 radical (unpaired) electrons. The van der Waals surface area contributed by atoms with Gasteiger partial charge in [-0.25, -0.2) is 0 Å². The molecule has 33 heavy (non-hydrogen) atoms. The average Bonchev–Trinajstić information content (AvgIpc) is 3.30. The second-order valence-electron chi connectivity index (χ2n) is 9.45. The minimum atomic E-state index is -1.56. The van der Waals surface area contributed by atoms with Crippen LogP contribution < -0.4 is 5.32 Å². The van der Waals surface area contributed by atoms with E-state index in [9.17, 15) is 19.5 Å². The molecule has 2 saturated heterocycles. The van der Waals surface area contributed by atoms with E-state index in [4.69, 9.17) is 0 Å². The molecule has 3 aliphatic rings. The summed E-state index contributed by atoms with van der Waals surface area (Å²) in [5.74, 6) is -3.33. The van der Waals surface area contributed by atoms with Crippen LogP contribution in [0.3, 0.4) is 0 Å². The van der Waals surface area contributed by atoms with E-state index in [1.807, 2.05) is 54.6 Å². The molecule has 6 nitrogen and oxygen atoms in total. The molecule has 0 bridgehead atoms. The van der Waals surface area contributed by atoms with Crippen LogP contribution in [0, 0.1) is 11.8 Å². The topological polar surface area (TPSA) is 86.7 Å². The van der Waals surface area contributed by atoms with Crippen molar-refractivity contribution in [3.63, 3.8) is 0 Å². The standard InChI is InChI=1S/C26H27BrN2O4/c27-18-13-11-17(12-14-18)22-20-21(24(31)29(23(20)30)19-9-5-2-6-10-19)26(28-22,25(32)33)15-16-7-3-1-4-8-16/h1,3-4,7-8,11-14,19-22,28H,2,5-6,9-10,15H2,(H,32,33). The molecule has 2 N–H and O–H groups in total. The van der Waals surface area contributed by atoms with Crippen LogP contribution in [0.2, 0.25) is 0 Å². The highest BCUT2D eigenvalue weighted by Crippen LogP contribution is 2.51. The summed E-state index contributed by atoms with van der Waals surface area (Å²) in [5, 5.41) is 13.8. The number of likely N-dealkylation sites (tertiary alicyclic amines) is 1. The molecular formula is C26H27BrN2O4. The molecule has 4 atom stereocenters. The highest BCUT2D eigenvalue weighted by molar-refractivity contribution is 9.10. The van der Waals surface area contributed by atoms with Gasteiger partial charge in [-0.1, -0.05) is 77.7 Å². The monoisotopic (exact) mass is 510 g/mol. The predicted octanol–water partition coefficient (Wildman–Crippen LogP) is 4.09. The van der Waals surface area contributed by atoms with Gasteiger partial charge in [0.15, 0.2) is 0 Å². The maximum atomic E-state index is 13.8. The van der Waals surface area contributed by atoms with Crippen molar-refractivity contribution in [3.05, 3.63) is 70.2 Å². The minimum absolute atomic E-state index is 0.127. The minimum Gasteiger partial charge on any atom is -0.480 e. The zero-order valence-corrected chi connectivity index (χ0v) is 19.8. The second-order valence-corrected chi connectivity index (χ2v) is 10.4. The molecule has 1 aliphatic carbocycles. The Morgan fingerprint density at radius 2 is 1.67 bits per heavy atom. The highest BCUT2D eigenvalue weighted by Gasteiger charge is 2.69. The first-order valence-corrected chi connectivity index (χ1v) is 12.4. The second kappa shape index (κ2) is 8.69. The SMILES string of the molecule is O=C1C2C(c3ccc(Br)cc3)NC(Cc3ccccc3)(C(=O)O)C2C(=O)N1C1CCCCC1. The van der Waals surface area contributed by atoms with Gasteiger partial charge < -0.3 is 5.11 Å². The molecule has 5 rings (SSSR count). The van der Waals surface area contributed by atoms with Crippen molar-refractivity contribution < 1.29 is 19.5 Å². The van der Waals surface area contributed by atoms with Crippen LogP contribution in [0.25, 0.3) is 0 Å². The lowest BCUT2D eigenvalue weighted by molar-refractivity contribution is -0.152. The number of halogens is 1. The van der Waals surface area contributed by atoms with Crippen LogP contribution in [0.15, 0.2) is 59.1 Å². The Balaban J connectivity index is 1.61. The number of nitrogens with zero attached hydrogens (tertiary/aromatic N) is 1. The van der Waals surface area contributed by atoms with E-state index in [0.29, 0.717) is 0 Å². The molecule has 2 aliphatic heterocycles. The van der Waals surface area contributed by atoms with Gasteiger partial charge in [-0.15, -0.1) is 0 Å². The Hall–Kier alpha value is -2.51. The molecule has 0 aromatic heterocycles. The number of carbonyl (C=O) groups excluding carboxylic acids is 2. The summed E-state index contributed by atoms with van der Waals surface area (Å²) >= 11 is 3.44. The Morgan fingerprint density at radius 3 is 2.30 bits per heavy atom. The largest absolute Gasteiger partial charge is 0.480 e. The lowest BCUT2D eigenvalue weighted by atomic mass is 9.76. The molecular weight excluding hydrogens is 484 g/mol. The number of nitrogens with one attached hydrogen (secondary N) is 1. The van der Waals surface area contributed by atoms with Crippen molar-refractivity contribution in [1.29, 1.82) is 0 Å². The van der Waals surface area contributed by atoms with Crippen molar-refractivity contribution in [2.24, 2.45) is 11.8 Å². The van der Waals surface area contributed by atoms with Crippen LogP contribution >= 0.6 is 15.9 Å².